The number of hydrogen-bond acceptors (Lipinski definition) is 9. The summed E-state index contributed by atoms with van der Waals surface area (Å²) in [4.78, 5) is 32.6. The number of carbonyl (C=O) groups is 1. The van der Waals surface area contributed by atoms with Crippen LogP contribution >= 0.6 is 0 Å². The van der Waals surface area contributed by atoms with Gasteiger partial charge in [-0.3, -0.25) is 14.8 Å². The average molecular weight is 773 g/mol. The fourth-order valence-electron chi connectivity index (χ4n) is 7.87. The predicted octanol–water partition coefficient (Wildman–Crippen LogP) is 9.62. The quantitative estimate of drug-likeness (QED) is 0.0757. The van der Waals surface area contributed by atoms with Gasteiger partial charge in [-0.1, -0.05) is 48.5 Å². The molecule has 0 fully saturated rings. The Balaban J connectivity index is 1.39. The van der Waals surface area contributed by atoms with Gasteiger partial charge in [0, 0.05) is 107 Å². The second-order valence-electron chi connectivity index (χ2n) is 14.0. The summed E-state index contributed by atoms with van der Waals surface area (Å²) in [5.41, 5.74) is 6.52. The van der Waals surface area contributed by atoms with Crippen molar-refractivity contribution in [1.29, 1.82) is 0 Å². The number of nitrogens with one attached hydrogen (secondary N) is 4. The Bertz CT molecular complexity index is 2420. The number of carbonyl (C=O) groups excluding carboxylic acids is 1. The molecule has 4 aromatic heterocycles. The number of H-pyrrole nitrogens is 2. The lowest BCUT2D eigenvalue weighted by molar-refractivity contribution is -0.122. The molecule has 0 radical (unpaired) electrons. The van der Waals surface area contributed by atoms with Crippen LogP contribution in [0.25, 0.3) is 21.8 Å². The van der Waals surface area contributed by atoms with Crippen LogP contribution in [0.3, 0.4) is 0 Å². The molecule has 8 rings (SSSR count). The van der Waals surface area contributed by atoms with Crippen molar-refractivity contribution in [2.24, 2.45) is 0 Å². The standard InChI is InChI=1S/C47H44N6O5/c1-55-33-19-31(20-34(23-33)56-2)52-45(29-11-9-17-48-25-29)43(39-27-50-41-15-7-5-13-37(39)41)47(54)44(40-28-51-42-16-8-6-14-38(40)42)46(30-12-10-18-49-26-30)53-32-21-35(57-3)24-36(22-32)58-4/h5-28,43-46,50-53H,1-4H3. The summed E-state index contributed by atoms with van der Waals surface area (Å²) in [5.74, 6) is 0.776. The zero-order chi connectivity index (χ0) is 40.0. The number of aromatic nitrogens is 4. The first-order valence-corrected chi connectivity index (χ1v) is 18.9. The molecule has 4 aromatic carbocycles. The molecule has 0 saturated carbocycles. The third-order valence-electron chi connectivity index (χ3n) is 10.6. The largest absolute Gasteiger partial charge is 0.497 e. The van der Waals surface area contributed by atoms with Crippen LogP contribution in [0.15, 0.2) is 146 Å². The molecule has 4 N–H and O–H groups in total. The Morgan fingerprint density at radius 1 is 0.534 bits per heavy atom. The number of aromatic amines is 2. The highest BCUT2D eigenvalue weighted by atomic mass is 16.5. The lowest BCUT2D eigenvalue weighted by Gasteiger charge is -2.35. The number of methoxy groups -OCH3 is 4. The summed E-state index contributed by atoms with van der Waals surface area (Å²) in [6, 6.07) is 33.8. The molecule has 0 aliphatic rings. The van der Waals surface area contributed by atoms with Gasteiger partial charge in [0.1, 0.15) is 23.0 Å². The second-order valence-corrected chi connectivity index (χ2v) is 14.0. The summed E-state index contributed by atoms with van der Waals surface area (Å²) < 4.78 is 22.7. The normalized spacial score (nSPS) is 13.3. The van der Waals surface area contributed by atoms with Gasteiger partial charge in [-0.2, -0.15) is 0 Å². The number of rotatable bonds is 16. The first-order valence-electron chi connectivity index (χ1n) is 18.9. The van der Waals surface area contributed by atoms with Gasteiger partial charge < -0.3 is 39.5 Å². The molecule has 0 spiro atoms. The number of benzene rings is 4. The van der Waals surface area contributed by atoms with Crippen molar-refractivity contribution in [3.8, 4) is 23.0 Å². The van der Waals surface area contributed by atoms with E-state index in [4.69, 9.17) is 18.9 Å². The Kier molecular flexibility index (Phi) is 10.9. The Hall–Kier alpha value is -7.27. The molecule has 4 heterocycles. The van der Waals surface area contributed by atoms with E-state index in [1.54, 1.807) is 40.8 Å². The van der Waals surface area contributed by atoms with Gasteiger partial charge in [-0.05, 0) is 46.5 Å². The van der Waals surface area contributed by atoms with Gasteiger partial charge in [0.25, 0.3) is 0 Å². The van der Waals surface area contributed by atoms with Gasteiger partial charge in [0.05, 0.1) is 52.4 Å². The molecule has 0 amide bonds. The highest BCUT2D eigenvalue weighted by Gasteiger charge is 2.42. The molecular formula is C47H44N6O5. The summed E-state index contributed by atoms with van der Waals surface area (Å²) in [7, 11) is 6.46. The monoisotopic (exact) mass is 772 g/mol. The van der Waals surface area contributed by atoms with E-state index in [-0.39, 0.29) is 5.78 Å². The number of para-hydroxylation sites is 2. The van der Waals surface area contributed by atoms with E-state index < -0.39 is 23.9 Å². The van der Waals surface area contributed by atoms with Crippen molar-refractivity contribution in [3.63, 3.8) is 0 Å². The number of Topliss-reactive ketones (excluding diaryl/α,β-unsaturated/α-hetero) is 1. The zero-order valence-electron chi connectivity index (χ0n) is 32.6. The molecular weight excluding hydrogens is 729 g/mol. The first kappa shape index (κ1) is 37.6. The molecule has 0 bridgehead atoms. The molecule has 0 saturated heterocycles. The van der Waals surface area contributed by atoms with Gasteiger partial charge in [-0.15, -0.1) is 0 Å². The number of anilines is 2. The van der Waals surface area contributed by atoms with Crippen molar-refractivity contribution in [2.75, 3.05) is 39.1 Å². The van der Waals surface area contributed by atoms with Gasteiger partial charge >= 0.3 is 0 Å². The van der Waals surface area contributed by atoms with E-state index in [0.717, 1.165) is 44.1 Å². The minimum absolute atomic E-state index is 0.0538. The fraction of sp³-hybridized carbons (Fsp3) is 0.170. The van der Waals surface area contributed by atoms with Gasteiger partial charge in [-0.25, -0.2) is 0 Å². The van der Waals surface area contributed by atoms with Crippen LogP contribution in [0, 0.1) is 0 Å². The van der Waals surface area contributed by atoms with Crippen molar-refractivity contribution in [2.45, 2.75) is 23.9 Å². The molecule has 11 nitrogen and oxygen atoms in total. The van der Waals surface area contributed by atoms with E-state index in [1.165, 1.54) is 0 Å². The van der Waals surface area contributed by atoms with Crippen LogP contribution in [0.2, 0.25) is 0 Å². The van der Waals surface area contributed by atoms with E-state index in [1.807, 2.05) is 122 Å². The molecule has 11 heteroatoms. The first-order chi connectivity index (χ1) is 28.5. The highest BCUT2D eigenvalue weighted by molar-refractivity contribution is 6.01. The number of fused-ring (bicyclic) bond motifs is 2. The van der Waals surface area contributed by atoms with E-state index >= 15 is 4.79 Å². The minimum Gasteiger partial charge on any atom is -0.497 e. The van der Waals surface area contributed by atoms with Crippen LogP contribution in [-0.2, 0) is 4.79 Å². The lowest BCUT2D eigenvalue weighted by Crippen LogP contribution is -2.34. The minimum atomic E-state index is -0.794. The topological polar surface area (TPSA) is 135 Å². The smallest absolute Gasteiger partial charge is 0.152 e. The van der Waals surface area contributed by atoms with Crippen molar-refractivity contribution < 1.29 is 23.7 Å². The van der Waals surface area contributed by atoms with Crippen molar-refractivity contribution in [3.05, 3.63) is 169 Å². The number of ether oxygens (including phenoxy) is 4. The third kappa shape index (κ3) is 7.62. The second kappa shape index (κ2) is 16.8. The summed E-state index contributed by atoms with van der Waals surface area (Å²) in [6.07, 6.45) is 11.0. The van der Waals surface area contributed by atoms with E-state index in [9.17, 15) is 0 Å². The van der Waals surface area contributed by atoms with E-state index in [2.05, 4.69) is 42.7 Å². The number of hydrogen-bond donors (Lipinski definition) is 4. The van der Waals surface area contributed by atoms with Gasteiger partial charge in [0.15, 0.2) is 5.78 Å². The van der Waals surface area contributed by atoms with Crippen molar-refractivity contribution in [1.82, 2.24) is 19.9 Å². The molecule has 0 aliphatic carbocycles. The number of nitrogens with zero attached hydrogens (tertiary/aromatic N) is 2. The van der Waals surface area contributed by atoms with Gasteiger partial charge in [0.2, 0.25) is 0 Å². The molecule has 8 aromatic rings. The molecule has 0 aliphatic heterocycles. The third-order valence-corrected chi connectivity index (χ3v) is 10.6. The van der Waals surface area contributed by atoms with Crippen LogP contribution in [0.5, 0.6) is 23.0 Å². The summed E-state index contributed by atoms with van der Waals surface area (Å²) in [6.45, 7) is 0. The molecule has 4 atom stereocenters. The van der Waals surface area contributed by atoms with Crippen LogP contribution in [0.4, 0.5) is 11.4 Å². The average Bonchev–Trinajstić information content (AvgIpc) is 3.91. The maximum atomic E-state index is 16.6. The lowest BCUT2D eigenvalue weighted by atomic mass is 9.74. The fourth-order valence-corrected chi connectivity index (χ4v) is 7.87. The van der Waals surface area contributed by atoms with Crippen molar-refractivity contribution >= 4 is 39.0 Å². The summed E-state index contributed by atoms with van der Waals surface area (Å²) >= 11 is 0. The molecule has 292 valence electrons. The zero-order valence-corrected chi connectivity index (χ0v) is 32.6. The maximum Gasteiger partial charge on any atom is 0.152 e. The Morgan fingerprint density at radius 3 is 1.29 bits per heavy atom. The SMILES string of the molecule is COc1cc(NC(c2cccnc2)C(C(=O)C(c2c[nH]c3ccccc23)C(Nc2cc(OC)cc(OC)c2)c2cccnc2)c2c[nH]c3ccccc23)cc(OC)c1. The number of ketones is 1. The Morgan fingerprint density at radius 2 is 0.931 bits per heavy atom. The summed E-state index contributed by atoms with van der Waals surface area (Å²) in [5, 5.41) is 9.40. The van der Waals surface area contributed by atoms with Crippen LogP contribution in [-0.4, -0.2) is 54.2 Å². The van der Waals surface area contributed by atoms with Crippen LogP contribution in [0.1, 0.15) is 46.2 Å². The molecule has 4 unspecified atom stereocenters. The highest BCUT2D eigenvalue weighted by Crippen LogP contribution is 2.47. The number of pyridine rings is 2. The Labute approximate surface area is 336 Å². The predicted molar refractivity (Wildman–Crippen MR) is 227 cm³/mol. The van der Waals surface area contributed by atoms with E-state index in [0.29, 0.717) is 34.4 Å². The maximum absolute atomic E-state index is 16.6. The van der Waals surface area contributed by atoms with Crippen LogP contribution < -0.4 is 29.6 Å². The molecule has 58 heavy (non-hydrogen) atoms.